The lowest BCUT2D eigenvalue weighted by Crippen LogP contribution is -2.07. The van der Waals surface area contributed by atoms with Gasteiger partial charge in [0.2, 0.25) is 0 Å². The first-order valence-corrected chi connectivity index (χ1v) is 7.71. The van der Waals surface area contributed by atoms with Crippen LogP contribution in [-0.2, 0) is 6.42 Å². The maximum Gasteiger partial charge on any atom is 0.174 e. The molecule has 0 amide bonds. The van der Waals surface area contributed by atoms with Gasteiger partial charge in [0.15, 0.2) is 6.61 Å². The Kier molecular flexibility index (Phi) is 4.12. The Morgan fingerprint density at radius 3 is 2.81 bits per heavy atom. The van der Waals surface area contributed by atoms with Gasteiger partial charge >= 0.3 is 0 Å². The minimum absolute atomic E-state index is 0.0802. The average molecular weight is 343 g/mol. The van der Waals surface area contributed by atoms with Crippen molar-refractivity contribution in [2.24, 2.45) is 0 Å². The summed E-state index contributed by atoms with van der Waals surface area (Å²) in [5.74, 6) is 0.719. The normalized spacial score (nSPS) is 16.1. The maximum atomic E-state index is 8.50. The van der Waals surface area contributed by atoms with Crippen molar-refractivity contribution in [2.45, 2.75) is 18.9 Å². The quantitative estimate of drug-likeness (QED) is 0.892. The Morgan fingerprint density at radius 1 is 1.24 bits per heavy atom. The van der Waals surface area contributed by atoms with Gasteiger partial charge < -0.3 is 10.1 Å². The smallest absolute Gasteiger partial charge is 0.174 e. The average Bonchev–Trinajstić information content (AvgIpc) is 2.91. The van der Waals surface area contributed by atoms with Crippen molar-refractivity contribution >= 4 is 21.6 Å². The summed E-state index contributed by atoms with van der Waals surface area (Å²) in [6.07, 6.45) is 2.20. The number of hydrogen-bond acceptors (Lipinski definition) is 3. The van der Waals surface area contributed by atoms with E-state index in [-0.39, 0.29) is 6.61 Å². The van der Waals surface area contributed by atoms with E-state index < -0.39 is 0 Å². The molecular formula is C17H15BrN2O. The molecule has 0 bridgehead atoms. The molecule has 0 aliphatic heterocycles. The molecule has 3 nitrogen and oxygen atoms in total. The molecule has 0 heterocycles. The van der Waals surface area contributed by atoms with Crippen molar-refractivity contribution in [1.29, 1.82) is 5.26 Å². The number of benzene rings is 2. The number of ether oxygens (including phenoxy) is 1. The van der Waals surface area contributed by atoms with Crippen LogP contribution < -0.4 is 10.1 Å². The number of halogens is 1. The largest absolute Gasteiger partial charge is 0.479 e. The topological polar surface area (TPSA) is 45.0 Å². The summed E-state index contributed by atoms with van der Waals surface area (Å²) in [5.41, 5.74) is 3.84. The number of hydrogen-bond donors (Lipinski definition) is 1. The molecule has 0 saturated heterocycles. The Balaban J connectivity index is 1.71. The van der Waals surface area contributed by atoms with Crippen LogP contribution in [0.25, 0.3) is 0 Å². The van der Waals surface area contributed by atoms with E-state index in [1.54, 1.807) is 0 Å². The lowest BCUT2D eigenvalue weighted by Gasteiger charge is -2.16. The second-order valence-corrected chi connectivity index (χ2v) is 5.87. The van der Waals surface area contributed by atoms with Crippen LogP contribution in [-0.4, -0.2) is 6.61 Å². The third-order valence-electron chi connectivity index (χ3n) is 3.71. The highest BCUT2D eigenvalue weighted by Gasteiger charge is 2.23. The molecule has 2 aromatic carbocycles. The summed E-state index contributed by atoms with van der Waals surface area (Å²) in [4.78, 5) is 0. The number of nitrogens with zero attached hydrogens (tertiary/aromatic N) is 1. The van der Waals surface area contributed by atoms with E-state index >= 15 is 0 Å². The number of anilines is 1. The molecule has 1 aliphatic rings. The monoisotopic (exact) mass is 342 g/mol. The highest BCUT2D eigenvalue weighted by molar-refractivity contribution is 9.10. The molecule has 0 aromatic heterocycles. The highest BCUT2D eigenvalue weighted by atomic mass is 79.9. The van der Waals surface area contributed by atoms with Crippen LogP contribution in [0.5, 0.6) is 5.75 Å². The zero-order chi connectivity index (χ0) is 14.7. The van der Waals surface area contributed by atoms with Gasteiger partial charge in [-0.25, -0.2) is 0 Å². The van der Waals surface area contributed by atoms with Gasteiger partial charge in [-0.1, -0.05) is 28.1 Å². The molecule has 1 unspecified atom stereocenters. The van der Waals surface area contributed by atoms with Crippen LogP contribution >= 0.6 is 15.9 Å². The fraction of sp³-hybridized carbons (Fsp3) is 0.235. The second kappa shape index (κ2) is 6.19. The van der Waals surface area contributed by atoms with Crippen molar-refractivity contribution in [3.8, 4) is 11.8 Å². The van der Waals surface area contributed by atoms with E-state index in [0.717, 1.165) is 24.3 Å². The zero-order valence-electron chi connectivity index (χ0n) is 11.5. The second-order valence-electron chi connectivity index (χ2n) is 5.01. The third-order valence-corrected chi connectivity index (χ3v) is 4.46. The van der Waals surface area contributed by atoms with Crippen molar-refractivity contribution in [3.05, 3.63) is 58.1 Å². The molecule has 0 radical (unpaired) electrons. The van der Waals surface area contributed by atoms with Crippen molar-refractivity contribution in [1.82, 2.24) is 0 Å². The van der Waals surface area contributed by atoms with E-state index in [4.69, 9.17) is 10.00 Å². The van der Waals surface area contributed by atoms with Crippen LogP contribution in [0.1, 0.15) is 23.6 Å². The van der Waals surface area contributed by atoms with Gasteiger partial charge in [-0.2, -0.15) is 5.26 Å². The number of nitrogens with one attached hydrogen (secondary N) is 1. The predicted molar refractivity (Wildman–Crippen MR) is 86.4 cm³/mol. The maximum absolute atomic E-state index is 8.50. The van der Waals surface area contributed by atoms with E-state index in [0.29, 0.717) is 6.04 Å². The van der Waals surface area contributed by atoms with E-state index in [1.807, 2.05) is 30.3 Å². The van der Waals surface area contributed by atoms with E-state index in [9.17, 15) is 0 Å². The molecule has 2 aromatic rings. The number of fused-ring (bicyclic) bond motifs is 1. The molecule has 3 rings (SSSR count). The first-order chi connectivity index (χ1) is 10.3. The fourth-order valence-electron chi connectivity index (χ4n) is 2.72. The van der Waals surface area contributed by atoms with E-state index in [1.165, 1.54) is 15.6 Å². The van der Waals surface area contributed by atoms with Gasteiger partial charge in [0.1, 0.15) is 11.8 Å². The van der Waals surface area contributed by atoms with Gasteiger partial charge in [-0.15, -0.1) is 0 Å². The zero-order valence-corrected chi connectivity index (χ0v) is 13.1. The third kappa shape index (κ3) is 3.03. The van der Waals surface area contributed by atoms with Crippen LogP contribution in [0.3, 0.4) is 0 Å². The van der Waals surface area contributed by atoms with Gasteiger partial charge in [0, 0.05) is 10.2 Å². The van der Waals surface area contributed by atoms with Crippen molar-refractivity contribution in [2.75, 3.05) is 11.9 Å². The standard InChI is InChI=1S/C17H15BrN2O/c18-16-3-1-2-15-14(16)8-9-17(15)20-12-4-6-13(7-5-12)21-11-10-19/h1-7,17,20H,8-9,11H2. The van der Waals surface area contributed by atoms with Crippen LogP contribution in [0.15, 0.2) is 46.9 Å². The van der Waals surface area contributed by atoms with Crippen molar-refractivity contribution in [3.63, 3.8) is 0 Å². The predicted octanol–water partition coefficient (Wildman–Crippen LogP) is 4.45. The Labute approximate surface area is 132 Å². The summed E-state index contributed by atoms with van der Waals surface area (Å²) < 4.78 is 6.46. The minimum atomic E-state index is 0.0802. The fourth-order valence-corrected chi connectivity index (χ4v) is 3.30. The van der Waals surface area contributed by atoms with E-state index in [2.05, 4.69) is 39.4 Å². The summed E-state index contributed by atoms with van der Waals surface area (Å²) in [7, 11) is 0. The molecule has 1 aliphatic carbocycles. The van der Waals surface area contributed by atoms with Crippen LogP contribution in [0.4, 0.5) is 5.69 Å². The molecule has 0 saturated carbocycles. The molecule has 0 fully saturated rings. The molecule has 0 spiro atoms. The first-order valence-electron chi connectivity index (χ1n) is 6.91. The molecule has 21 heavy (non-hydrogen) atoms. The summed E-state index contributed by atoms with van der Waals surface area (Å²) in [5, 5.41) is 12.1. The van der Waals surface area contributed by atoms with Crippen LogP contribution in [0, 0.1) is 11.3 Å². The lowest BCUT2D eigenvalue weighted by molar-refractivity contribution is 0.368. The Bertz CT molecular complexity index is 676. The highest BCUT2D eigenvalue weighted by Crippen LogP contribution is 2.37. The Hall–Kier alpha value is -1.99. The molecule has 4 heteroatoms. The number of nitriles is 1. The minimum Gasteiger partial charge on any atom is -0.479 e. The van der Waals surface area contributed by atoms with Gasteiger partial charge in [0.25, 0.3) is 0 Å². The molecule has 106 valence electrons. The lowest BCUT2D eigenvalue weighted by atomic mass is 10.1. The van der Waals surface area contributed by atoms with Gasteiger partial charge in [-0.3, -0.25) is 0 Å². The first kappa shape index (κ1) is 14.0. The summed E-state index contributed by atoms with van der Waals surface area (Å²) in [6.45, 7) is 0.0802. The molecule has 1 atom stereocenters. The van der Waals surface area contributed by atoms with Crippen LogP contribution in [0.2, 0.25) is 0 Å². The van der Waals surface area contributed by atoms with Gasteiger partial charge in [0.05, 0.1) is 6.04 Å². The SMILES string of the molecule is N#CCOc1ccc(NC2CCc3c(Br)cccc32)cc1. The summed E-state index contributed by atoms with van der Waals surface area (Å²) >= 11 is 3.62. The Morgan fingerprint density at radius 2 is 2.05 bits per heavy atom. The van der Waals surface area contributed by atoms with Gasteiger partial charge in [-0.05, 0) is 54.3 Å². The molecule has 1 N–H and O–H groups in total. The van der Waals surface area contributed by atoms with Crippen molar-refractivity contribution < 1.29 is 4.74 Å². The number of rotatable bonds is 4. The summed E-state index contributed by atoms with van der Waals surface area (Å²) in [6, 6.07) is 16.4. The molecular weight excluding hydrogens is 328 g/mol.